The first kappa shape index (κ1) is 33.8. The number of amides is 1. The van der Waals surface area contributed by atoms with E-state index in [2.05, 4.69) is 29.4 Å². The Morgan fingerprint density at radius 2 is 1.48 bits per heavy atom. The van der Waals surface area contributed by atoms with Crippen molar-refractivity contribution in [3.63, 3.8) is 0 Å². The van der Waals surface area contributed by atoms with Crippen molar-refractivity contribution in [2.75, 3.05) is 11.1 Å². The molecule has 0 saturated heterocycles. The van der Waals surface area contributed by atoms with Gasteiger partial charge in [-0.05, 0) is 90.9 Å². The van der Waals surface area contributed by atoms with Crippen LogP contribution in [0.5, 0.6) is 5.75 Å². The maximum Gasteiger partial charge on any atom is 0.425 e. The van der Waals surface area contributed by atoms with Gasteiger partial charge in [0.05, 0.1) is 11.1 Å². The Kier molecular flexibility index (Phi) is 10.9. The minimum Gasteiger partial charge on any atom is -0.505 e. The average Bonchev–Trinajstić information content (AvgIpc) is 2.92. The predicted molar refractivity (Wildman–Crippen MR) is 168 cm³/mol. The molecule has 0 aliphatic rings. The summed E-state index contributed by atoms with van der Waals surface area (Å²) < 4.78 is 58.3. The zero-order valence-electron chi connectivity index (χ0n) is 24.4. The molecule has 232 valence electrons. The third kappa shape index (κ3) is 8.69. The number of aromatic hydroxyl groups is 1. The highest BCUT2D eigenvalue weighted by molar-refractivity contribution is 7.86. The Hall–Kier alpha value is -4.66. The number of nitrogens with two attached hydrogens (primary N) is 1. The van der Waals surface area contributed by atoms with Gasteiger partial charge in [-0.15, -0.1) is 17.7 Å². The molecule has 12 nitrogen and oxygen atoms in total. The molecule has 4 rings (SSSR count). The predicted octanol–water partition coefficient (Wildman–Crippen LogP) is 6.44. The largest absolute Gasteiger partial charge is 0.505 e. The van der Waals surface area contributed by atoms with Gasteiger partial charge in [-0.3, -0.25) is 9.35 Å². The Morgan fingerprint density at radius 3 is 2.05 bits per heavy atom. The number of benzene rings is 4. The molecular formula is C30H32N4O8S2. The van der Waals surface area contributed by atoms with Gasteiger partial charge >= 0.3 is 10.6 Å². The molecule has 0 atom stereocenters. The Bertz CT molecular complexity index is 1970. The number of azo groups is 1. The van der Waals surface area contributed by atoms with Gasteiger partial charge in [0.2, 0.25) is 5.91 Å². The number of phenols is 1. The van der Waals surface area contributed by atoms with E-state index in [1.54, 1.807) is 0 Å². The number of hydrogen-bond donors (Lipinski definition) is 4. The van der Waals surface area contributed by atoms with Crippen LogP contribution < -0.4 is 11.1 Å². The maximum absolute atomic E-state index is 12.2. The molecule has 0 aliphatic heterocycles. The van der Waals surface area contributed by atoms with Gasteiger partial charge in [-0.2, -0.15) is 13.5 Å². The molecule has 0 radical (unpaired) electrons. The summed E-state index contributed by atoms with van der Waals surface area (Å²) in [4.78, 5) is 11.9. The van der Waals surface area contributed by atoms with E-state index < -0.39 is 20.7 Å². The highest BCUT2D eigenvalue weighted by Crippen LogP contribution is 2.41. The van der Waals surface area contributed by atoms with Crippen molar-refractivity contribution < 1.29 is 35.5 Å². The molecule has 0 spiro atoms. The lowest BCUT2D eigenvalue weighted by Gasteiger charge is -2.12. The van der Waals surface area contributed by atoms with Crippen LogP contribution in [-0.2, 0) is 25.5 Å². The lowest BCUT2D eigenvalue weighted by Crippen LogP contribution is -2.13. The molecule has 0 unspecified atom stereocenters. The number of nitrogen functional groups attached to an aromatic ring is 1. The number of nitrogens with one attached hydrogen (secondary N) is 1. The van der Waals surface area contributed by atoms with Crippen molar-refractivity contribution in [1.82, 2.24) is 0 Å². The molecule has 44 heavy (non-hydrogen) atoms. The molecule has 0 bridgehead atoms. The molecule has 4 aromatic carbocycles. The van der Waals surface area contributed by atoms with Gasteiger partial charge in [-0.25, -0.2) is 0 Å². The Balaban J connectivity index is 0.00000124. The first-order valence-electron chi connectivity index (χ1n) is 13.3. The summed E-state index contributed by atoms with van der Waals surface area (Å²) in [6, 6.07) is 16.9. The van der Waals surface area contributed by atoms with Crippen LogP contribution in [0.2, 0.25) is 0 Å². The normalized spacial score (nSPS) is 11.4. The van der Waals surface area contributed by atoms with E-state index in [1.807, 2.05) is 50.2 Å². The minimum absolute atomic E-state index is 0.00844. The van der Waals surface area contributed by atoms with Crippen LogP contribution in [0.4, 0.5) is 22.7 Å². The van der Waals surface area contributed by atoms with Gasteiger partial charge in [0.15, 0.2) is 5.75 Å². The number of carbonyl (C=O) groups is 1. The first-order chi connectivity index (χ1) is 20.6. The Morgan fingerprint density at radius 1 is 0.909 bits per heavy atom. The van der Waals surface area contributed by atoms with Gasteiger partial charge in [0, 0.05) is 23.2 Å². The number of aryl methyl sites for hydroxylation is 2. The molecule has 0 saturated carbocycles. The van der Waals surface area contributed by atoms with Crippen molar-refractivity contribution in [3.8, 4) is 16.9 Å². The molecule has 0 fully saturated rings. The topological polar surface area (TPSA) is 206 Å². The van der Waals surface area contributed by atoms with Crippen LogP contribution in [0.3, 0.4) is 0 Å². The van der Waals surface area contributed by atoms with E-state index in [0.717, 1.165) is 34.4 Å². The second-order valence-corrected chi connectivity index (χ2v) is 12.2. The molecule has 0 aromatic heterocycles. The number of rotatable bonds is 8. The third-order valence-corrected chi connectivity index (χ3v) is 7.56. The average molecular weight is 641 g/mol. The van der Waals surface area contributed by atoms with Crippen LogP contribution in [0.25, 0.3) is 21.9 Å². The van der Waals surface area contributed by atoms with Crippen molar-refractivity contribution >= 4 is 60.2 Å². The highest BCUT2D eigenvalue weighted by atomic mass is 32.2. The zero-order valence-corrected chi connectivity index (χ0v) is 26.0. The standard InChI is InChI=1S/C30H32N4O5S.O3S/c1-17(2)5-14-28(35)32-24-10-6-20(15-18(24)3)21-7-11-25(19(4)16-21)33-34-26-12-8-22-27(40(37,38)39)13-9-23(31)29(22)30(26)36;1-4(2)3/h6-13,15-17,36H,5,14,31H2,1-4H3,(H,32,35)(H,37,38,39);. The summed E-state index contributed by atoms with van der Waals surface area (Å²) in [5.74, 6) is 0.137. The van der Waals surface area contributed by atoms with E-state index >= 15 is 0 Å². The summed E-state index contributed by atoms with van der Waals surface area (Å²) in [5.41, 5.74) is 11.3. The minimum atomic E-state index is -4.52. The molecule has 4 aromatic rings. The maximum atomic E-state index is 12.2. The van der Waals surface area contributed by atoms with Crippen LogP contribution in [0.1, 0.15) is 37.8 Å². The van der Waals surface area contributed by atoms with E-state index in [-0.39, 0.29) is 38.7 Å². The quantitative estimate of drug-likeness (QED) is 0.0947. The molecular weight excluding hydrogens is 608 g/mol. The third-order valence-electron chi connectivity index (χ3n) is 6.65. The first-order valence-corrected chi connectivity index (χ1v) is 15.7. The molecule has 0 heterocycles. The number of carbonyl (C=O) groups excluding carboxylic acids is 1. The second kappa shape index (κ2) is 14.2. The van der Waals surface area contributed by atoms with E-state index in [1.165, 1.54) is 24.3 Å². The fourth-order valence-corrected chi connectivity index (χ4v) is 5.08. The summed E-state index contributed by atoms with van der Waals surface area (Å²) in [6.07, 6.45) is 1.33. The second-order valence-electron chi connectivity index (χ2n) is 10.4. The summed E-state index contributed by atoms with van der Waals surface area (Å²) in [6.45, 7) is 8.04. The molecule has 5 N–H and O–H groups in total. The van der Waals surface area contributed by atoms with Gasteiger partial charge in [-0.1, -0.05) is 32.0 Å². The van der Waals surface area contributed by atoms with Crippen LogP contribution >= 0.6 is 0 Å². The summed E-state index contributed by atoms with van der Waals surface area (Å²) in [7, 11) is -7.63. The smallest absolute Gasteiger partial charge is 0.425 e. The van der Waals surface area contributed by atoms with Gasteiger partial charge < -0.3 is 16.2 Å². The van der Waals surface area contributed by atoms with Crippen molar-refractivity contribution in [3.05, 3.63) is 71.8 Å². The van der Waals surface area contributed by atoms with Crippen molar-refractivity contribution in [2.24, 2.45) is 16.1 Å². The van der Waals surface area contributed by atoms with Gasteiger partial charge in [0.1, 0.15) is 10.6 Å². The van der Waals surface area contributed by atoms with Crippen molar-refractivity contribution in [2.45, 2.75) is 45.4 Å². The number of phenolic OH excluding ortho intramolecular Hbond substituents is 1. The SMILES string of the molecule is Cc1cc(-c2ccc(NC(=O)CCC(C)C)c(C)c2)ccc1N=Nc1ccc2c(S(=O)(=O)O)ccc(N)c2c1O.O=S(=O)=O. The molecule has 0 aliphatic carbocycles. The summed E-state index contributed by atoms with van der Waals surface area (Å²) >= 11 is 0. The number of hydrogen-bond acceptors (Lipinski definition) is 10. The number of nitrogens with zero attached hydrogens (tertiary/aromatic N) is 2. The lowest BCUT2D eigenvalue weighted by molar-refractivity contribution is -0.116. The van der Waals surface area contributed by atoms with Crippen LogP contribution in [-0.4, -0.2) is 36.6 Å². The van der Waals surface area contributed by atoms with Crippen molar-refractivity contribution in [1.29, 1.82) is 0 Å². The van der Waals surface area contributed by atoms with Crippen LogP contribution in [0.15, 0.2) is 75.8 Å². The fourth-order valence-electron chi connectivity index (χ4n) is 4.39. The fraction of sp³-hybridized carbons (Fsp3) is 0.233. The lowest BCUT2D eigenvalue weighted by atomic mass is 10.00. The van der Waals surface area contributed by atoms with E-state index in [0.29, 0.717) is 18.0 Å². The van der Waals surface area contributed by atoms with E-state index in [9.17, 15) is 22.9 Å². The van der Waals surface area contributed by atoms with E-state index in [4.69, 9.17) is 18.4 Å². The highest BCUT2D eigenvalue weighted by Gasteiger charge is 2.19. The monoisotopic (exact) mass is 640 g/mol. The molecule has 14 heteroatoms. The van der Waals surface area contributed by atoms with Gasteiger partial charge in [0.25, 0.3) is 10.1 Å². The Labute approximate surface area is 256 Å². The number of anilines is 2. The zero-order chi connectivity index (χ0) is 32.8. The molecule has 1 amide bonds. The van der Waals surface area contributed by atoms with Crippen LogP contribution in [0, 0.1) is 19.8 Å². The summed E-state index contributed by atoms with van der Waals surface area (Å²) in [5, 5.41) is 22.4. The number of fused-ring (bicyclic) bond motifs is 1.